The second kappa shape index (κ2) is 9.49. The van der Waals surface area contributed by atoms with Crippen LogP contribution in [0, 0.1) is 5.92 Å². The number of piperidine rings is 2. The zero-order valence-corrected chi connectivity index (χ0v) is 18.3. The molecule has 4 rings (SSSR count). The molecule has 3 nitrogen and oxygen atoms in total. The van der Waals surface area contributed by atoms with Gasteiger partial charge in [0, 0.05) is 38.6 Å². The SMILES string of the molecule is CC(=Cc1ccccc1)CN1CC[C@H]2[C@H](CCC(=O)N2Cc2ccc(C(F)(F)F)cc2)C1. The summed E-state index contributed by atoms with van der Waals surface area (Å²) in [7, 11) is 0. The van der Waals surface area contributed by atoms with E-state index in [1.54, 1.807) is 0 Å². The first kappa shape index (κ1) is 22.6. The molecule has 32 heavy (non-hydrogen) atoms. The summed E-state index contributed by atoms with van der Waals surface area (Å²) < 4.78 is 38.5. The van der Waals surface area contributed by atoms with E-state index in [2.05, 4.69) is 30.0 Å². The van der Waals surface area contributed by atoms with Gasteiger partial charge in [-0.15, -0.1) is 0 Å². The van der Waals surface area contributed by atoms with Gasteiger partial charge in [-0.3, -0.25) is 9.69 Å². The zero-order chi connectivity index (χ0) is 22.7. The average molecular weight is 443 g/mol. The Morgan fingerprint density at radius 3 is 2.47 bits per heavy atom. The first-order valence-electron chi connectivity index (χ1n) is 11.2. The van der Waals surface area contributed by atoms with E-state index in [1.165, 1.54) is 23.3 Å². The molecular weight excluding hydrogens is 413 g/mol. The Morgan fingerprint density at radius 2 is 1.78 bits per heavy atom. The van der Waals surface area contributed by atoms with Gasteiger partial charge in [0.05, 0.1) is 5.56 Å². The molecule has 6 heteroatoms. The van der Waals surface area contributed by atoms with Crippen LogP contribution in [0.2, 0.25) is 0 Å². The van der Waals surface area contributed by atoms with E-state index in [9.17, 15) is 18.0 Å². The number of likely N-dealkylation sites (tertiary alicyclic amines) is 2. The van der Waals surface area contributed by atoms with Crippen LogP contribution < -0.4 is 0 Å². The molecule has 2 heterocycles. The van der Waals surface area contributed by atoms with Crippen LogP contribution in [0.4, 0.5) is 13.2 Å². The summed E-state index contributed by atoms with van der Waals surface area (Å²) in [6.45, 7) is 5.30. The van der Waals surface area contributed by atoms with Crippen molar-refractivity contribution in [3.05, 3.63) is 76.9 Å². The lowest BCUT2D eigenvalue weighted by atomic mass is 9.83. The molecule has 2 aliphatic rings. The molecule has 2 aromatic carbocycles. The van der Waals surface area contributed by atoms with Crippen molar-refractivity contribution < 1.29 is 18.0 Å². The molecule has 2 saturated heterocycles. The third kappa shape index (κ3) is 5.41. The first-order chi connectivity index (χ1) is 15.3. The fourth-order valence-corrected chi connectivity index (χ4v) is 5.00. The molecular formula is C26H29F3N2O. The van der Waals surface area contributed by atoms with Crippen LogP contribution in [0.5, 0.6) is 0 Å². The molecule has 0 radical (unpaired) electrons. The van der Waals surface area contributed by atoms with Gasteiger partial charge < -0.3 is 4.90 Å². The lowest BCUT2D eigenvalue weighted by molar-refractivity contribution is -0.142. The smallest absolute Gasteiger partial charge is 0.335 e. The highest BCUT2D eigenvalue weighted by atomic mass is 19.4. The Balaban J connectivity index is 1.38. The molecule has 0 N–H and O–H groups in total. The van der Waals surface area contributed by atoms with Crippen molar-refractivity contribution in [2.24, 2.45) is 5.92 Å². The largest absolute Gasteiger partial charge is 0.416 e. The molecule has 0 aromatic heterocycles. The normalized spacial score (nSPS) is 22.7. The van der Waals surface area contributed by atoms with Crippen LogP contribution >= 0.6 is 0 Å². The van der Waals surface area contributed by atoms with E-state index in [4.69, 9.17) is 0 Å². The summed E-state index contributed by atoms with van der Waals surface area (Å²) in [5, 5.41) is 0. The minimum absolute atomic E-state index is 0.111. The fraction of sp³-hybridized carbons (Fsp3) is 0.423. The maximum Gasteiger partial charge on any atom is 0.416 e. The predicted octanol–water partition coefficient (Wildman–Crippen LogP) is 5.62. The van der Waals surface area contributed by atoms with Crippen LogP contribution in [0.3, 0.4) is 0 Å². The lowest BCUT2D eigenvalue weighted by Crippen LogP contribution is -2.55. The highest BCUT2D eigenvalue weighted by Crippen LogP contribution is 2.34. The highest BCUT2D eigenvalue weighted by Gasteiger charge is 2.39. The van der Waals surface area contributed by atoms with Crippen LogP contribution in [0.15, 0.2) is 60.2 Å². The number of halogens is 3. The molecule has 2 fully saturated rings. The van der Waals surface area contributed by atoms with E-state index < -0.39 is 11.7 Å². The van der Waals surface area contributed by atoms with Gasteiger partial charge in [0.25, 0.3) is 0 Å². The minimum atomic E-state index is -4.34. The molecule has 0 bridgehead atoms. The maximum atomic E-state index is 12.8. The average Bonchev–Trinajstić information content (AvgIpc) is 2.76. The summed E-state index contributed by atoms with van der Waals surface area (Å²) in [5.74, 6) is 0.514. The predicted molar refractivity (Wildman–Crippen MR) is 120 cm³/mol. The number of fused-ring (bicyclic) bond motifs is 1. The van der Waals surface area contributed by atoms with Crippen LogP contribution in [-0.4, -0.2) is 41.4 Å². The summed E-state index contributed by atoms with van der Waals surface area (Å²) in [5.41, 5.74) is 2.60. The minimum Gasteiger partial charge on any atom is -0.335 e. The number of benzene rings is 2. The Morgan fingerprint density at radius 1 is 1.06 bits per heavy atom. The first-order valence-corrected chi connectivity index (χ1v) is 11.2. The van der Waals surface area contributed by atoms with Gasteiger partial charge in [-0.05, 0) is 48.9 Å². The van der Waals surface area contributed by atoms with Crippen molar-refractivity contribution in [1.29, 1.82) is 0 Å². The molecule has 0 spiro atoms. The van der Waals surface area contributed by atoms with Gasteiger partial charge in [0.1, 0.15) is 0 Å². The Labute approximate surface area is 187 Å². The van der Waals surface area contributed by atoms with E-state index in [0.717, 1.165) is 50.2 Å². The zero-order valence-electron chi connectivity index (χ0n) is 18.3. The number of carbonyl (C=O) groups is 1. The van der Waals surface area contributed by atoms with Crippen LogP contribution in [-0.2, 0) is 17.5 Å². The third-order valence-corrected chi connectivity index (χ3v) is 6.55. The lowest BCUT2D eigenvalue weighted by Gasteiger charge is -2.47. The van der Waals surface area contributed by atoms with Crippen molar-refractivity contribution in [2.75, 3.05) is 19.6 Å². The number of carbonyl (C=O) groups excluding carboxylic acids is 1. The molecule has 0 unspecified atom stereocenters. The highest BCUT2D eigenvalue weighted by molar-refractivity contribution is 5.77. The number of hydrogen-bond acceptors (Lipinski definition) is 2. The van der Waals surface area contributed by atoms with E-state index in [1.807, 2.05) is 23.1 Å². The molecule has 1 amide bonds. The van der Waals surface area contributed by atoms with E-state index in [-0.39, 0.29) is 11.9 Å². The fourth-order valence-electron chi connectivity index (χ4n) is 5.00. The topological polar surface area (TPSA) is 23.6 Å². The standard InChI is InChI=1S/C26H29F3N2O/c1-19(15-20-5-3-2-4-6-20)16-30-14-13-24-22(18-30)9-12-25(32)31(24)17-21-7-10-23(11-8-21)26(27,28)29/h2-8,10-11,15,22,24H,9,12-14,16-18H2,1H3/t22-,24+/m1/s1. The quantitative estimate of drug-likeness (QED) is 0.600. The summed E-state index contributed by atoms with van der Waals surface area (Å²) >= 11 is 0. The third-order valence-electron chi connectivity index (χ3n) is 6.55. The van der Waals surface area contributed by atoms with Gasteiger partial charge in [0.15, 0.2) is 0 Å². The monoisotopic (exact) mass is 442 g/mol. The molecule has 2 aliphatic heterocycles. The van der Waals surface area contributed by atoms with Gasteiger partial charge in [0.2, 0.25) is 5.91 Å². The number of nitrogens with zero attached hydrogens (tertiary/aromatic N) is 2. The van der Waals surface area contributed by atoms with Crippen LogP contribution in [0.1, 0.15) is 42.9 Å². The summed E-state index contributed by atoms with van der Waals surface area (Å²) in [6.07, 6.45) is 0.160. The van der Waals surface area contributed by atoms with Crippen LogP contribution in [0.25, 0.3) is 6.08 Å². The van der Waals surface area contributed by atoms with Crippen molar-refractivity contribution in [1.82, 2.24) is 9.80 Å². The molecule has 170 valence electrons. The molecule has 0 aliphatic carbocycles. The van der Waals surface area contributed by atoms with Crippen molar-refractivity contribution >= 4 is 12.0 Å². The van der Waals surface area contributed by atoms with E-state index >= 15 is 0 Å². The number of alkyl halides is 3. The molecule has 0 saturated carbocycles. The second-order valence-electron chi connectivity index (χ2n) is 9.01. The summed E-state index contributed by atoms with van der Waals surface area (Å²) in [4.78, 5) is 17.0. The van der Waals surface area contributed by atoms with Gasteiger partial charge in [-0.2, -0.15) is 13.2 Å². The van der Waals surface area contributed by atoms with Crippen molar-refractivity contribution in [3.63, 3.8) is 0 Å². The van der Waals surface area contributed by atoms with Crippen molar-refractivity contribution in [2.45, 2.75) is 44.9 Å². The number of amides is 1. The van der Waals surface area contributed by atoms with Gasteiger partial charge in [-0.1, -0.05) is 54.1 Å². The molecule has 2 atom stereocenters. The Hall–Kier alpha value is -2.60. The van der Waals surface area contributed by atoms with E-state index in [0.29, 0.717) is 18.9 Å². The number of rotatable bonds is 5. The van der Waals surface area contributed by atoms with Crippen molar-refractivity contribution in [3.8, 4) is 0 Å². The van der Waals surface area contributed by atoms with Gasteiger partial charge >= 0.3 is 6.18 Å². The molecule has 2 aromatic rings. The second-order valence-corrected chi connectivity index (χ2v) is 9.01. The summed E-state index contributed by atoms with van der Waals surface area (Å²) in [6, 6.07) is 15.6. The van der Waals surface area contributed by atoms with Gasteiger partial charge in [-0.25, -0.2) is 0 Å². The Bertz CT molecular complexity index is 953. The maximum absolute atomic E-state index is 12.8. The number of hydrogen-bond donors (Lipinski definition) is 0. The Kier molecular flexibility index (Phi) is 6.70.